The number of phenols is 1. The summed E-state index contributed by atoms with van der Waals surface area (Å²) in [7, 11) is 0. The smallest absolute Gasteiger partial charge is 0.433 e. The van der Waals surface area contributed by atoms with E-state index in [2.05, 4.69) is 9.97 Å². The molecular weight excluding hydrogens is 505 g/mol. The van der Waals surface area contributed by atoms with Crippen molar-refractivity contribution in [2.75, 3.05) is 0 Å². The van der Waals surface area contributed by atoms with Crippen molar-refractivity contribution in [3.05, 3.63) is 69.4 Å². The zero-order valence-corrected chi connectivity index (χ0v) is 19.2. The van der Waals surface area contributed by atoms with E-state index in [-0.39, 0.29) is 34.4 Å². The van der Waals surface area contributed by atoms with Crippen LogP contribution in [0.25, 0.3) is 31.7 Å². The number of halogens is 4. The van der Waals surface area contributed by atoms with Gasteiger partial charge in [0.15, 0.2) is 12.1 Å². The van der Waals surface area contributed by atoms with Gasteiger partial charge in [-0.05, 0) is 36.5 Å². The standard InChI is InChI=1S/C23H14ClF3N4O3S/c24-15-4-3-12-17-21(35-19(12)18(15)32)30-20(31(22(17)33)8-11-6-28-9-34-11)14-7-29-16(23(25,26)27)5-13(14)10-1-2-10/h3-7,9-10,32H,1-2,8H2. The molecule has 35 heavy (non-hydrogen) atoms. The third kappa shape index (κ3) is 3.66. The van der Waals surface area contributed by atoms with Crippen LogP contribution in [0.4, 0.5) is 13.2 Å². The minimum Gasteiger partial charge on any atom is -0.505 e. The summed E-state index contributed by atoms with van der Waals surface area (Å²) in [6.07, 6.45) is 0.673. The van der Waals surface area contributed by atoms with Crippen molar-refractivity contribution in [2.24, 2.45) is 0 Å². The van der Waals surface area contributed by atoms with Crippen LogP contribution in [0, 0.1) is 0 Å². The Morgan fingerprint density at radius 3 is 2.74 bits per heavy atom. The first kappa shape index (κ1) is 22.1. The Kier molecular flexibility index (Phi) is 4.91. The summed E-state index contributed by atoms with van der Waals surface area (Å²) in [5, 5.41) is 11.3. The van der Waals surface area contributed by atoms with E-state index in [1.807, 2.05) is 0 Å². The summed E-state index contributed by atoms with van der Waals surface area (Å²) in [5.74, 6) is 0.294. The fourth-order valence-corrected chi connectivity index (χ4v) is 5.48. The highest BCUT2D eigenvalue weighted by atomic mass is 35.5. The monoisotopic (exact) mass is 518 g/mol. The molecule has 5 aromatic rings. The average molecular weight is 519 g/mol. The molecule has 1 aromatic carbocycles. The molecular formula is C23H14ClF3N4O3S. The Morgan fingerprint density at radius 2 is 2.06 bits per heavy atom. The summed E-state index contributed by atoms with van der Waals surface area (Å²) < 4.78 is 47.3. The molecule has 1 fully saturated rings. The maximum absolute atomic E-state index is 13.8. The molecule has 0 spiro atoms. The van der Waals surface area contributed by atoms with Gasteiger partial charge < -0.3 is 9.52 Å². The van der Waals surface area contributed by atoms with Gasteiger partial charge >= 0.3 is 6.18 Å². The second kappa shape index (κ2) is 7.79. The second-order valence-corrected chi connectivity index (χ2v) is 9.68. The summed E-state index contributed by atoms with van der Waals surface area (Å²) in [4.78, 5) is 26.4. The van der Waals surface area contributed by atoms with Crippen LogP contribution in [-0.4, -0.2) is 24.6 Å². The second-order valence-electron chi connectivity index (χ2n) is 8.28. The van der Waals surface area contributed by atoms with E-state index in [0.29, 0.717) is 31.8 Å². The van der Waals surface area contributed by atoms with Crippen molar-refractivity contribution >= 4 is 43.2 Å². The quantitative estimate of drug-likeness (QED) is 0.315. The Morgan fingerprint density at radius 1 is 1.26 bits per heavy atom. The molecule has 12 heteroatoms. The third-order valence-corrected chi connectivity index (χ3v) is 7.38. The molecule has 0 amide bonds. The largest absolute Gasteiger partial charge is 0.505 e. The number of thiophene rings is 1. The van der Waals surface area contributed by atoms with E-state index in [1.165, 1.54) is 23.2 Å². The van der Waals surface area contributed by atoms with Gasteiger partial charge in [-0.15, -0.1) is 11.3 Å². The molecule has 6 rings (SSSR count). The fraction of sp³-hybridized carbons (Fsp3) is 0.217. The van der Waals surface area contributed by atoms with Crippen LogP contribution in [0.1, 0.15) is 35.8 Å². The van der Waals surface area contributed by atoms with Crippen molar-refractivity contribution in [2.45, 2.75) is 31.5 Å². The maximum Gasteiger partial charge on any atom is 0.433 e. The van der Waals surface area contributed by atoms with E-state index in [9.17, 15) is 23.1 Å². The van der Waals surface area contributed by atoms with Gasteiger partial charge in [0.25, 0.3) is 5.56 Å². The van der Waals surface area contributed by atoms with Gasteiger partial charge in [-0.2, -0.15) is 13.2 Å². The minimum absolute atomic E-state index is 0.0425. The summed E-state index contributed by atoms with van der Waals surface area (Å²) >= 11 is 7.14. The van der Waals surface area contributed by atoms with Crippen molar-refractivity contribution in [3.8, 4) is 17.1 Å². The SMILES string of the molecule is O=c1c2c(nc(-c3cnc(C(F)(F)F)cc3C3CC3)n1Cc1cnco1)sc1c(O)c(Cl)ccc12. The molecule has 1 saturated carbocycles. The van der Waals surface area contributed by atoms with Crippen LogP contribution in [0.5, 0.6) is 5.75 Å². The Hall–Kier alpha value is -3.44. The van der Waals surface area contributed by atoms with E-state index >= 15 is 0 Å². The highest BCUT2D eigenvalue weighted by molar-refractivity contribution is 7.25. The molecule has 4 heterocycles. The number of rotatable bonds is 4. The van der Waals surface area contributed by atoms with Gasteiger partial charge in [-0.1, -0.05) is 17.7 Å². The van der Waals surface area contributed by atoms with Crippen molar-refractivity contribution < 1.29 is 22.7 Å². The molecule has 0 unspecified atom stereocenters. The number of hydrogen-bond donors (Lipinski definition) is 1. The molecule has 0 atom stereocenters. The van der Waals surface area contributed by atoms with Crippen LogP contribution >= 0.6 is 22.9 Å². The van der Waals surface area contributed by atoms with Gasteiger partial charge in [0.2, 0.25) is 0 Å². The van der Waals surface area contributed by atoms with E-state index < -0.39 is 17.4 Å². The zero-order chi connectivity index (χ0) is 24.5. The lowest BCUT2D eigenvalue weighted by molar-refractivity contribution is -0.141. The maximum atomic E-state index is 13.8. The number of benzene rings is 1. The number of aromatic nitrogens is 4. The summed E-state index contributed by atoms with van der Waals surface area (Å²) in [6, 6.07) is 4.16. The average Bonchev–Trinajstić information content (AvgIpc) is 3.40. The van der Waals surface area contributed by atoms with Gasteiger partial charge in [0, 0.05) is 17.1 Å². The van der Waals surface area contributed by atoms with Gasteiger partial charge in [-0.3, -0.25) is 14.3 Å². The minimum atomic E-state index is -4.60. The molecule has 1 aliphatic rings. The third-order valence-electron chi connectivity index (χ3n) is 5.97. The zero-order valence-electron chi connectivity index (χ0n) is 17.6. The molecule has 4 aromatic heterocycles. The number of nitrogens with zero attached hydrogens (tertiary/aromatic N) is 4. The summed E-state index contributed by atoms with van der Waals surface area (Å²) in [6.45, 7) is -0.0425. The first-order valence-electron chi connectivity index (χ1n) is 10.5. The molecule has 0 bridgehead atoms. The van der Waals surface area contributed by atoms with Crippen molar-refractivity contribution in [1.29, 1.82) is 0 Å². The number of hydrogen-bond acceptors (Lipinski definition) is 7. The molecule has 1 aliphatic carbocycles. The lowest BCUT2D eigenvalue weighted by Gasteiger charge is -2.16. The van der Waals surface area contributed by atoms with Crippen molar-refractivity contribution in [3.63, 3.8) is 0 Å². The lowest BCUT2D eigenvalue weighted by atomic mass is 10.0. The topological polar surface area (TPSA) is 94.0 Å². The molecule has 1 N–H and O–H groups in total. The highest BCUT2D eigenvalue weighted by Crippen LogP contribution is 2.46. The van der Waals surface area contributed by atoms with Crippen LogP contribution in [0.2, 0.25) is 5.02 Å². The van der Waals surface area contributed by atoms with E-state index in [1.54, 1.807) is 6.07 Å². The Balaban J connectivity index is 1.67. The highest BCUT2D eigenvalue weighted by Gasteiger charge is 2.36. The number of alkyl halides is 3. The number of phenolic OH excluding ortho intramolecular Hbond substituents is 1. The van der Waals surface area contributed by atoms with E-state index in [0.717, 1.165) is 36.4 Å². The molecule has 0 radical (unpaired) electrons. The van der Waals surface area contributed by atoms with Crippen LogP contribution < -0.4 is 5.56 Å². The molecule has 7 nitrogen and oxygen atoms in total. The lowest BCUT2D eigenvalue weighted by Crippen LogP contribution is -2.24. The van der Waals surface area contributed by atoms with Crippen LogP contribution in [0.15, 0.2) is 46.2 Å². The summed E-state index contributed by atoms with van der Waals surface area (Å²) in [5.41, 5.74) is -0.638. The van der Waals surface area contributed by atoms with Gasteiger partial charge in [-0.25, -0.2) is 9.97 Å². The predicted molar refractivity (Wildman–Crippen MR) is 124 cm³/mol. The Bertz CT molecular complexity index is 1670. The predicted octanol–water partition coefficient (Wildman–Crippen LogP) is 5.96. The molecule has 0 aliphatic heterocycles. The van der Waals surface area contributed by atoms with Gasteiger partial charge in [0.05, 0.1) is 27.9 Å². The Labute approximate surface area is 203 Å². The van der Waals surface area contributed by atoms with Crippen molar-refractivity contribution in [1.82, 2.24) is 19.5 Å². The number of aromatic hydroxyl groups is 1. The first-order valence-corrected chi connectivity index (χ1v) is 11.7. The normalized spacial score (nSPS) is 14.3. The van der Waals surface area contributed by atoms with Crippen LogP contribution in [0.3, 0.4) is 0 Å². The molecule has 178 valence electrons. The van der Waals surface area contributed by atoms with Crippen LogP contribution in [-0.2, 0) is 12.7 Å². The fourth-order valence-electron chi connectivity index (χ4n) is 4.16. The number of pyridine rings is 1. The number of oxazole rings is 1. The first-order chi connectivity index (χ1) is 16.7. The molecule has 0 saturated heterocycles. The van der Waals surface area contributed by atoms with Gasteiger partial charge in [0.1, 0.15) is 22.1 Å². The van der Waals surface area contributed by atoms with E-state index in [4.69, 9.17) is 21.0 Å². The number of fused-ring (bicyclic) bond motifs is 3.